The van der Waals surface area contributed by atoms with Gasteiger partial charge in [0.25, 0.3) is 0 Å². The zero-order chi connectivity index (χ0) is 14.9. The van der Waals surface area contributed by atoms with Crippen LogP contribution in [0.3, 0.4) is 0 Å². The van der Waals surface area contributed by atoms with Gasteiger partial charge in [-0.05, 0) is 30.5 Å². The second kappa shape index (κ2) is 5.11. The van der Waals surface area contributed by atoms with Crippen LogP contribution in [0.1, 0.15) is 35.2 Å². The first-order valence-electron chi connectivity index (χ1n) is 6.11. The fourth-order valence-corrected chi connectivity index (χ4v) is 2.38. The van der Waals surface area contributed by atoms with Crippen LogP contribution in [-0.4, -0.2) is 31.3 Å². The topological polar surface area (TPSA) is 72.8 Å². The molecular formula is C14H15FO5. The monoisotopic (exact) mass is 282 g/mol. The number of carbonyl (C=O) groups excluding carboxylic acids is 1. The third-order valence-corrected chi connectivity index (χ3v) is 3.61. The predicted molar refractivity (Wildman–Crippen MR) is 67.5 cm³/mol. The van der Waals surface area contributed by atoms with E-state index in [1.807, 2.05) is 0 Å². The largest absolute Gasteiger partial charge is 0.493 e. The van der Waals surface area contributed by atoms with Crippen LogP contribution in [0.2, 0.25) is 0 Å². The van der Waals surface area contributed by atoms with E-state index in [4.69, 9.17) is 9.84 Å². The summed E-state index contributed by atoms with van der Waals surface area (Å²) in [5, 5.41) is 8.94. The average molecular weight is 282 g/mol. The molecule has 108 valence electrons. The molecular weight excluding hydrogens is 267 g/mol. The molecule has 0 saturated heterocycles. The molecule has 0 bridgehead atoms. The van der Waals surface area contributed by atoms with Crippen molar-refractivity contribution >= 4 is 11.9 Å². The van der Waals surface area contributed by atoms with Gasteiger partial charge in [-0.15, -0.1) is 0 Å². The highest BCUT2D eigenvalue weighted by Crippen LogP contribution is 2.52. The van der Waals surface area contributed by atoms with Gasteiger partial charge in [0, 0.05) is 5.41 Å². The number of halogens is 1. The van der Waals surface area contributed by atoms with Gasteiger partial charge in [-0.1, -0.05) is 0 Å². The number of aliphatic carboxylic acids is 1. The number of hydrogen-bond donors (Lipinski definition) is 1. The molecule has 1 aromatic rings. The van der Waals surface area contributed by atoms with Crippen molar-refractivity contribution in [1.29, 1.82) is 0 Å². The van der Waals surface area contributed by atoms with Crippen LogP contribution in [-0.2, 0) is 14.9 Å². The van der Waals surface area contributed by atoms with E-state index < -0.39 is 23.2 Å². The van der Waals surface area contributed by atoms with Crippen molar-refractivity contribution in [3.8, 4) is 5.75 Å². The van der Waals surface area contributed by atoms with Gasteiger partial charge in [0.15, 0.2) is 11.6 Å². The molecule has 1 fully saturated rings. The lowest BCUT2D eigenvalue weighted by molar-refractivity contribution is -0.137. The van der Waals surface area contributed by atoms with E-state index in [-0.39, 0.29) is 17.7 Å². The molecule has 1 aliphatic rings. The van der Waals surface area contributed by atoms with E-state index in [1.54, 1.807) is 0 Å². The van der Waals surface area contributed by atoms with Crippen LogP contribution in [0.25, 0.3) is 0 Å². The molecule has 0 spiro atoms. The summed E-state index contributed by atoms with van der Waals surface area (Å²) in [6.45, 7) is 0. The molecule has 0 aromatic heterocycles. The Balaban J connectivity index is 2.49. The van der Waals surface area contributed by atoms with Gasteiger partial charge in [-0.3, -0.25) is 4.79 Å². The maximum atomic E-state index is 14.0. The molecule has 0 heterocycles. The summed E-state index contributed by atoms with van der Waals surface area (Å²) in [5.41, 5.74) is -0.109. The number of esters is 1. The van der Waals surface area contributed by atoms with Gasteiger partial charge in [0.2, 0.25) is 0 Å². The molecule has 1 N–H and O–H groups in total. The zero-order valence-corrected chi connectivity index (χ0v) is 11.2. The van der Waals surface area contributed by atoms with Gasteiger partial charge in [0.1, 0.15) is 5.56 Å². The minimum absolute atomic E-state index is 0.0262. The third-order valence-electron chi connectivity index (χ3n) is 3.61. The van der Waals surface area contributed by atoms with Crippen molar-refractivity contribution in [1.82, 2.24) is 0 Å². The lowest BCUT2D eigenvalue weighted by Crippen LogP contribution is -2.15. The first kappa shape index (κ1) is 14.3. The summed E-state index contributed by atoms with van der Waals surface area (Å²) in [6, 6.07) is 2.70. The highest BCUT2D eigenvalue weighted by molar-refractivity contribution is 5.93. The number of ether oxygens (including phenoxy) is 2. The van der Waals surface area contributed by atoms with E-state index >= 15 is 0 Å². The van der Waals surface area contributed by atoms with Crippen LogP contribution < -0.4 is 4.74 Å². The number of carboxylic acid groups (broad SMARTS) is 1. The lowest BCUT2D eigenvalue weighted by atomic mass is 9.90. The second-order valence-corrected chi connectivity index (χ2v) is 4.88. The summed E-state index contributed by atoms with van der Waals surface area (Å²) < 4.78 is 23.5. The molecule has 0 radical (unpaired) electrons. The standard InChI is InChI=1S/C14H15FO5/c1-19-12-9(13(18)20-2)5-8(6-10(12)15)14(3-4-14)7-11(16)17/h5-6H,3-4,7H2,1-2H3,(H,16,17). The Kier molecular flexibility index (Phi) is 3.65. The first-order chi connectivity index (χ1) is 9.43. The Labute approximate surface area is 115 Å². The van der Waals surface area contributed by atoms with E-state index in [9.17, 15) is 14.0 Å². The number of carbonyl (C=O) groups is 2. The average Bonchev–Trinajstić information content (AvgIpc) is 3.16. The Bertz CT molecular complexity index is 563. The summed E-state index contributed by atoms with van der Waals surface area (Å²) in [7, 11) is 2.45. The molecule has 0 atom stereocenters. The minimum Gasteiger partial charge on any atom is -0.493 e. The first-order valence-corrected chi connectivity index (χ1v) is 6.11. The van der Waals surface area contributed by atoms with Crippen LogP contribution in [0.5, 0.6) is 5.75 Å². The number of rotatable bonds is 5. The summed E-state index contributed by atoms with van der Waals surface area (Å²) in [5.74, 6) is -2.54. The quantitative estimate of drug-likeness (QED) is 0.837. The number of benzene rings is 1. The molecule has 1 aliphatic carbocycles. The van der Waals surface area contributed by atoms with Crippen molar-refractivity contribution in [2.45, 2.75) is 24.7 Å². The van der Waals surface area contributed by atoms with E-state index in [0.29, 0.717) is 18.4 Å². The fraction of sp³-hybridized carbons (Fsp3) is 0.429. The fourth-order valence-electron chi connectivity index (χ4n) is 2.38. The van der Waals surface area contributed by atoms with Crippen LogP contribution in [0.4, 0.5) is 4.39 Å². The molecule has 0 unspecified atom stereocenters. The van der Waals surface area contributed by atoms with Gasteiger partial charge in [-0.2, -0.15) is 0 Å². The van der Waals surface area contributed by atoms with Crippen molar-refractivity contribution in [2.75, 3.05) is 14.2 Å². The lowest BCUT2D eigenvalue weighted by Gasteiger charge is -2.16. The third kappa shape index (κ3) is 2.45. The Morgan fingerprint density at radius 1 is 1.35 bits per heavy atom. The number of hydrogen-bond acceptors (Lipinski definition) is 4. The number of carboxylic acids is 1. The van der Waals surface area contributed by atoms with Gasteiger partial charge in [-0.25, -0.2) is 9.18 Å². The molecule has 1 saturated carbocycles. The highest BCUT2D eigenvalue weighted by Gasteiger charge is 2.46. The Morgan fingerprint density at radius 2 is 2.00 bits per heavy atom. The maximum Gasteiger partial charge on any atom is 0.341 e. The van der Waals surface area contributed by atoms with Gasteiger partial charge >= 0.3 is 11.9 Å². The smallest absolute Gasteiger partial charge is 0.341 e. The Hall–Kier alpha value is -2.11. The summed E-state index contributed by atoms with van der Waals surface area (Å²) in [6.07, 6.45) is 1.23. The predicted octanol–water partition coefficient (Wildman–Crippen LogP) is 2.13. The maximum absolute atomic E-state index is 14.0. The minimum atomic E-state index is -0.946. The SMILES string of the molecule is COC(=O)c1cc(C2(CC(=O)O)CC2)cc(F)c1OC. The van der Waals surface area contributed by atoms with Crippen molar-refractivity contribution < 1.29 is 28.6 Å². The van der Waals surface area contributed by atoms with Crippen LogP contribution in [0.15, 0.2) is 12.1 Å². The molecule has 0 amide bonds. The number of methoxy groups -OCH3 is 2. The van der Waals surface area contributed by atoms with Crippen LogP contribution >= 0.6 is 0 Å². The molecule has 1 aromatic carbocycles. The molecule has 6 heteroatoms. The summed E-state index contributed by atoms with van der Waals surface area (Å²) >= 11 is 0. The van der Waals surface area contributed by atoms with Gasteiger partial charge in [0.05, 0.1) is 20.6 Å². The van der Waals surface area contributed by atoms with Crippen molar-refractivity contribution in [2.24, 2.45) is 0 Å². The molecule has 5 nitrogen and oxygen atoms in total. The second-order valence-electron chi connectivity index (χ2n) is 4.88. The van der Waals surface area contributed by atoms with E-state index in [0.717, 1.165) is 0 Å². The van der Waals surface area contributed by atoms with Crippen LogP contribution in [0, 0.1) is 5.82 Å². The zero-order valence-electron chi connectivity index (χ0n) is 11.2. The van der Waals surface area contributed by atoms with Gasteiger partial charge < -0.3 is 14.6 Å². The molecule has 0 aliphatic heterocycles. The highest BCUT2D eigenvalue weighted by atomic mass is 19.1. The summed E-state index contributed by atoms with van der Waals surface area (Å²) in [4.78, 5) is 22.6. The molecule has 2 rings (SSSR count). The van der Waals surface area contributed by atoms with Crippen molar-refractivity contribution in [3.05, 3.63) is 29.1 Å². The molecule has 20 heavy (non-hydrogen) atoms. The normalized spacial score (nSPS) is 15.6. The van der Waals surface area contributed by atoms with Crippen molar-refractivity contribution in [3.63, 3.8) is 0 Å². The Morgan fingerprint density at radius 3 is 2.45 bits per heavy atom. The van der Waals surface area contributed by atoms with E-state index in [1.165, 1.54) is 26.4 Å². The van der Waals surface area contributed by atoms with E-state index in [2.05, 4.69) is 4.74 Å².